The van der Waals surface area contributed by atoms with Crippen molar-refractivity contribution < 1.29 is 44.6 Å². The Kier molecular flexibility index (Phi) is 7.93. The Morgan fingerprint density at radius 3 is 1.75 bits per heavy atom. The predicted octanol–water partition coefficient (Wildman–Crippen LogP) is 6.10. The van der Waals surface area contributed by atoms with Gasteiger partial charge in [-0.3, -0.25) is 0 Å². The van der Waals surface area contributed by atoms with E-state index in [0.29, 0.717) is 12.8 Å². The lowest BCUT2D eigenvalue weighted by molar-refractivity contribution is -0.395. The van der Waals surface area contributed by atoms with Gasteiger partial charge >= 0.3 is 23.9 Å². The van der Waals surface area contributed by atoms with Gasteiger partial charge in [-0.05, 0) is 51.5 Å². The summed E-state index contributed by atoms with van der Waals surface area (Å²) in [5, 5.41) is 9.47. The van der Waals surface area contributed by atoms with Crippen LogP contribution in [0, 0.1) is 0 Å². The lowest BCUT2D eigenvalue weighted by Crippen LogP contribution is -2.60. The smallest absolute Gasteiger partial charge is 0.389 e. The van der Waals surface area contributed by atoms with Gasteiger partial charge < -0.3 is 5.11 Å². The SMILES string of the molecule is CCCC/C(=C(/I)CC(F)(F)C(F)(F)C(F)(F)C(F)(F)F)C(C)O. The van der Waals surface area contributed by atoms with Gasteiger partial charge in [0, 0.05) is 6.42 Å². The Morgan fingerprint density at radius 2 is 1.42 bits per heavy atom. The first kappa shape index (κ1) is 23.8. The van der Waals surface area contributed by atoms with E-state index in [1.165, 1.54) is 0 Å². The molecule has 0 saturated heterocycles. The topological polar surface area (TPSA) is 20.2 Å². The second-order valence-electron chi connectivity index (χ2n) is 5.24. The van der Waals surface area contributed by atoms with Crippen LogP contribution < -0.4 is 0 Å². The molecule has 1 nitrogen and oxygen atoms in total. The number of hydrogen-bond acceptors (Lipinski definition) is 1. The highest BCUT2D eigenvalue weighted by molar-refractivity contribution is 14.1. The molecule has 0 bridgehead atoms. The van der Waals surface area contributed by atoms with Crippen molar-refractivity contribution in [3.63, 3.8) is 0 Å². The Balaban J connectivity index is 5.74. The van der Waals surface area contributed by atoms with Crippen LogP contribution in [0.15, 0.2) is 9.15 Å². The third-order valence-corrected chi connectivity index (χ3v) is 4.31. The molecule has 0 radical (unpaired) electrons. The number of aliphatic hydroxyl groups excluding tert-OH is 1. The maximum absolute atomic E-state index is 13.6. The number of rotatable bonds is 8. The molecule has 0 rings (SSSR count). The average molecular weight is 486 g/mol. The van der Waals surface area contributed by atoms with E-state index in [1.54, 1.807) is 6.92 Å². The summed E-state index contributed by atoms with van der Waals surface area (Å²) < 4.78 is 115. The van der Waals surface area contributed by atoms with Crippen LogP contribution in [0.5, 0.6) is 0 Å². The van der Waals surface area contributed by atoms with Gasteiger partial charge in [0.25, 0.3) is 0 Å². The zero-order valence-electron chi connectivity index (χ0n) is 12.6. The summed E-state index contributed by atoms with van der Waals surface area (Å²) in [7, 11) is 0. The molecule has 144 valence electrons. The van der Waals surface area contributed by atoms with E-state index >= 15 is 0 Å². The molecule has 24 heavy (non-hydrogen) atoms. The number of hydrogen-bond donors (Lipinski definition) is 1. The van der Waals surface area contributed by atoms with E-state index < -0.39 is 40.0 Å². The third-order valence-electron chi connectivity index (χ3n) is 3.24. The van der Waals surface area contributed by atoms with Gasteiger partial charge in [0.1, 0.15) is 0 Å². The third kappa shape index (κ3) is 4.92. The Bertz CT molecular complexity index is 455. The number of alkyl halides is 9. The molecule has 1 N–H and O–H groups in total. The standard InChI is InChI=1S/C13H16F9IO/c1-3-4-5-8(7(2)24)9(23)6-10(14,15)11(16,17)12(18,19)13(20,21)22/h7,24H,3-6H2,1-2H3/b9-8-. The normalized spacial score (nSPS) is 16.9. The minimum absolute atomic E-state index is 0.0315. The fourth-order valence-electron chi connectivity index (χ4n) is 1.77. The molecule has 0 aromatic heterocycles. The maximum atomic E-state index is 13.6. The molecule has 0 aromatic rings. The number of halogens is 10. The molecule has 1 unspecified atom stereocenters. The van der Waals surface area contributed by atoms with E-state index in [4.69, 9.17) is 0 Å². The van der Waals surface area contributed by atoms with Crippen LogP contribution in [-0.2, 0) is 0 Å². The molecule has 0 aliphatic rings. The van der Waals surface area contributed by atoms with Crippen molar-refractivity contribution in [2.24, 2.45) is 0 Å². The highest BCUT2D eigenvalue weighted by Gasteiger charge is 2.81. The Labute approximate surface area is 146 Å². The number of allylic oxidation sites excluding steroid dienone is 1. The summed E-state index contributed by atoms with van der Waals surface area (Å²) in [5.74, 6) is -19.2. The molecule has 0 spiro atoms. The van der Waals surface area contributed by atoms with Crippen LogP contribution in [0.3, 0.4) is 0 Å². The van der Waals surface area contributed by atoms with Crippen molar-refractivity contribution in [3.05, 3.63) is 9.15 Å². The molecule has 0 fully saturated rings. The van der Waals surface area contributed by atoms with E-state index in [9.17, 15) is 44.6 Å². The molecular formula is C13H16F9IO. The van der Waals surface area contributed by atoms with Crippen LogP contribution in [0.4, 0.5) is 39.5 Å². The first-order valence-electron chi connectivity index (χ1n) is 6.78. The summed E-state index contributed by atoms with van der Waals surface area (Å²) in [5.41, 5.74) is -0.0942. The van der Waals surface area contributed by atoms with Crippen LogP contribution in [0.25, 0.3) is 0 Å². The van der Waals surface area contributed by atoms with Crippen molar-refractivity contribution in [2.75, 3.05) is 0 Å². The Morgan fingerprint density at radius 1 is 0.958 bits per heavy atom. The summed E-state index contributed by atoms with van der Waals surface area (Å²) in [4.78, 5) is 0. The van der Waals surface area contributed by atoms with Crippen LogP contribution in [-0.4, -0.2) is 35.2 Å². The molecule has 0 amide bonds. The first-order valence-corrected chi connectivity index (χ1v) is 7.86. The maximum Gasteiger partial charge on any atom is 0.460 e. The second kappa shape index (κ2) is 8.00. The number of unbranched alkanes of at least 4 members (excludes halogenated alkanes) is 1. The minimum atomic E-state index is -6.89. The van der Waals surface area contributed by atoms with E-state index in [1.807, 2.05) is 0 Å². The highest BCUT2D eigenvalue weighted by atomic mass is 127. The average Bonchev–Trinajstić information content (AvgIpc) is 2.36. The van der Waals surface area contributed by atoms with Gasteiger partial charge in [0.15, 0.2) is 0 Å². The van der Waals surface area contributed by atoms with Crippen molar-refractivity contribution in [2.45, 2.75) is 69.6 Å². The molecule has 0 aliphatic heterocycles. The minimum Gasteiger partial charge on any atom is -0.389 e. The summed E-state index contributed by atoms with van der Waals surface area (Å²) in [6, 6.07) is 0. The van der Waals surface area contributed by atoms with Crippen molar-refractivity contribution in [1.82, 2.24) is 0 Å². The molecule has 11 heteroatoms. The van der Waals surface area contributed by atoms with E-state index in [-0.39, 0.29) is 12.0 Å². The molecule has 0 saturated carbocycles. The Hall–Kier alpha value is -0.200. The lowest BCUT2D eigenvalue weighted by Gasteiger charge is -2.34. The number of aliphatic hydroxyl groups is 1. The van der Waals surface area contributed by atoms with Gasteiger partial charge in [-0.1, -0.05) is 13.3 Å². The quantitative estimate of drug-likeness (QED) is 0.325. The molecule has 0 aromatic carbocycles. The molecule has 0 heterocycles. The van der Waals surface area contributed by atoms with Crippen molar-refractivity contribution in [3.8, 4) is 0 Å². The molecule has 0 aliphatic carbocycles. The largest absolute Gasteiger partial charge is 0.460 e. The summed E-state index contributed by atoms with van der Waals surface area (Å²) in [6.45, 7) is 2.88. The van der Waals surface area contributed by atoms with Crippen LogP contribution >= 0.6 is 22.6 Å². The van der Waals surface area contributed by atoms with E-state index in [0.717, 1.165) is 29.5 Å². The van der Waals surface area contributed by atoms with Crippen molar-refractivity contribution >= 4 is 22.6 Å². The zero-order chi connectivity index (χ0) is 19.6. The van der Waals surface area contributed by atoms with Gasteiger partial charge in [-0.15, -0.1) is 0 Å². The van der Waals surface area contributed by atoms with E-state index in [2.05, 4.69) is 0 Å². The summed E-state index contributed by atoms with van der Waals surface area (Å²) in [6.07, 6.45) is -9.19. The van der Waals surface area contributed by atoms with Gasteiger partial charge in [0.05, 0.1) is 6.10 Å². The summed E-state index contributed by atoms with van der Waals surface area (Å²) >= 11 is 1.15. The van der Waals surface area contributed by atoms with Gasteiger partial charge in [-0.25, -0.2) is 0 Å². The van der Waals surface area contributed by atoms with Gasteiger partial charge in [-0.2, -0.15) is 39.5 Å². The fraction of sp³-hybridized carbons (Fsp3) is 0.846. The van der Waals surface area contributed by atoms with Gasteiger partial charge in [0.2, 0.25) is 0 Å². The van der Waals surface area contributed by atoms with Crippen LogP contribution in [0.1, 0.15) is 39.5 Å². The molecular weight excluding hydrogens is 470 g/mol. The highest BCUT2D eigenvalue weighted by Crippen LogP contribution is 2.55. The molecule has 1 atom stereocenters. The first-order chi connectivity index (χ1) is 10.5. The fourth-order valence-corrected chi connectivity index (χ4v) is 2.96. The predicted molar refractivity (Wildman–Crippen MR) is 77.8 cm³/mol. The lowest BCUT2D eigenvalue weighted by atomic mass is 9.97. The zero-order valence-corrected chi connectivity index (χ0v) is 14.8. The monoisotopic (exact) mass is 486 g/mol. The van der Waals surface area contributed by atoms with Crippen molar-refractivity contribution in [1.29, 1.82) is 0 Å². The second-order valence-corrected chi connectivity index (χ2v) is 6.54. The van der Waals surface area contributed by atoms with Crippen LogP contribution in [0.2, 0.25) is 0 Å².